The molecule has 1 aromatic rings. The van der Waals surface area contributed by atoms with Crippen LogP contribution in [-0.4, -0.2) is 21.0 Å². The Kier molecular flexibility index (Phi) is 4.63. The topological polar surface area (TPSA) is 96.0 Å². The van der Waals surface area contributed by atoms with E-state index in [-0.39, 0.29) is 18.3 Å². The number of nitrogens with two attached hydrogens (primary N) is 1. The van der Waals surface area contributed by atoms with Crippen LogP contribution in [-0.2, 0) is 15.8 Å². The Labute approximate surface area is 101 Å². The van der Waals surface area contributed by atoms with Crippen LogP contribution in [0, 0.1) is 11.3 Å². The van der Waals surface area contributed by atoms with Crippen molar-refractivity contribution >= 4 is 10.0 Å². The molecule has 0 bridgehead atoms. The maximum absolute atomic E-state index is 11.7. The molecule has 0 radical (unpaired) electrons. The van der Waals surface area contributed by atoms with Crippen molar-refractivity contribution in [3.05, 3.63) is 35.4 Å². The van der Waals surface area contributed by atoms with Crippen molar-refractivity contribution in [2.24, 2.45) is 5.73 Å². The van der Waals surface area contributed by atoms with Gasteiger partial charge in [0.05, 0.1) is 17.4 Å². The molecule has 6 heteroatoms. The lowest BCUT2D eigenvalue weighted by atomic mass is 10.2. The third-order valence-corrected chi connectivity index (χ3v) is 3.62. The third-order valence-electron chi connectivity index (χ3n) is 2.15. The Morgan fingerprint density at radius 2 is 2.24 bits per heavy atom. The van der Waals surface area contributed by atoms with Crippen LogP contribution >= 0.6 is 0 Å². The number of hydrogen-bond donors (Lipinski definition) is 2. The highest BCUT2D eigenvalue weighted by molar-refractivity contribution is 7.88. The van der Waals surface area contributed by atoms with Crippen LogP contribution in [0.3, 0.4) is 0 Å². The minimum atomic E-state index is -3.41. The first-order chi connectivity index (χ1) is 7.96. The Morgan fingerprint density at radius 3 is 2.82 bits per heavy atom. The molecule has 0 fully saturated rings. The van der Waals surface area contributed by atoms with Crippen LogP contribution < -0.4 is 10.5 Å². The van der Waals surface area contributed by atoms with Crippen molar-refractivity contribution in [1.82, 2.24) is 4.72 Å². The van der Waals surface area contributed by atoms with Crippen LogP contribution in [0.25, 0.3) is 0 Å². The first kappa shape index (κ1) is 13.6. The average molecular weight is 253 g/mol. The number of sulfonamides is 1. The fraction of sp³-hybridized carbons (Fsp3) is 0.364. The number of hydrogen-bond acceptors (Lipinski definition) is 4. The van der Waals surface area contributed by atoms with Gasteiger partial charge >= 0.3 is 0 Å². The van der Waals surface area contributed by atoms with Gasteiger partial charge in [-0.05, 0) is 24.6 Å². The third kappa shape index (κ3) is 4.53. The molecule has 0 aromatic heterocycles. The quantitative estimate of drug-likeness (QED) is 0.790. The molecule has 1 atom stereocenters. The van der Waals surface area contributed by atoms with Gasteiger partial charge in [-0.15, -0.1) is 0 Å². The lowest BCUT2D eigenvalue weighted by Crippen LogP contribution is -2.38. The van der Waals surface area contributed by atoms with E-state index in [2.05, 4.69) is 4.72 Å². The number of rotatable bonds is 5. The van der Waals surface area contributed by atoms with E-state index in [1.807, 2.05) is 6.07 Å². The van der Waals surface area contributed by atoms with E-state index >= 15 is 0 Å². The molecule has 0 saturated carbocycles. The Morgan fingerprint density at radius 1 is 1.53 bits per heavy atom. The molecule has 1 rings (SSSR count). The average Bonchev–Trinajstić information content (AvgIpc) is 2.27. The number of benzene rings is 1. The second-order valence-electron chi connectivity index (χ2n) is 3.83. The Hall–Kier alpha value is -1.42. The van der Waals surface area contributed by atoms with E-state index in [4.69, 9.17) is 11.0 Å². The Balaban J connectivity index is 2.80. The number of nitriles is 1. The van der Waals surface area contributed by atoms with Crippen molar-refractivity contribution in [2.45, 2.75) is 18.7 Å². The molecular weight excluding hydrogens is 238 g/mol. The van der Waals surface area contributed by atoms with E-state index in [1.165, 1.54) is 0 Å². The standard InChI is InChI=1S/C11H15N3O2S/c1-9(6-12)14-17(15,16)8-11-4-2-3-10(5-11)7-13/h2-5,9,14H,6,8,12H2,1H3. The summed E-state index contributed by atoms with van der Waals surface area (Å²) in [6.45, 7) is 1.95. The molecular formula is C11H15N3O2S. The van der Waals surface area contributed by atoms with E-state index in [0.717, 1.165) is 0 Å². The van der Waals surface area contributed by atoms with Gasteiger partial charge in [0.2, 0.25) is 10.0 Å². The highest BCUT2D eigenvalue weighted by Gasteiger charge is 2.14. The zero-order chi connectivity index (χ0) is 12.9. The van der Waals surface area contributed by atoms with Crippen molar-refractivity contribution in [3.63, 3.8) is 0 Å². The molecule has 0 spiro atoms. The van der Waals surface area contributed by atoms with E-state index in [0.29, 0.717) is 11.1 Å². The fourth-order valence-corrected chi connectivity index (χ4v) is 2.76. The summed E-state index contributed by atoms with van der Waals surface area (Å²) in [6, 6.07) is 8.21. The summed E-state index contributed by atoms with van der Waals surface area (Å²) in [4.78, 5) is 0. The second kappa shape index (κ2) is 5.77. The largest absolute Gasteiger partial charge is 0.329 e. The minimum absolute atomic E-state index is 0.146. The molecule has 0 aliphatic carbocycles. The zero-order valence-electron chi connectivity index (χ0n) is 9.55. The van der Waals surface area contributed by atoms with Gasteiger partial charge in [-0.1, -0.05) is 12.1 Å². The van der Waals surface area contributed by atoms with Crippen molar-refractivity contribution in [3.8, 4) is 6.07 Å². The molecule has 92 valence electrons. The summed E-state index contributed by atoms with van der Waals surface area (Å²) >= 11 is 0. The van der Waals surface area contributed by atoms with E-state index in [1.54, 1.807) is 31.2 Å². The molecule has 1 aromatic carbocycles. The maximum atomic E-state index is 11.7. The number of nitrogens with zero attached hydrogens (tertiary/aromatic N) is 1. The molecule has 0 saturated heterocycles. The summed E-state index contributed by atoms with van der Waals surface area (Å²) in [5.41, 5.74) is 6.38. The van der Waals surface area contributed by atoms with Gasteiger partial charge in [-0.25, -0.2) is 13.1 Å². The van der Waals surface area contributed by atoms with Crippen molar-refractivity contribution in [1.29, 1.82) is 5.26 Å². The van der Waals surface area contributed by atoms with Gasteiger partial charge in [-0.2, -0.15) is 5.26 Å². The van der Waals surface area contributed by atoms with Gasteiger partial charge < -0.3 is 5.73 Å². The first-order valence-electron chi connectivity index (χ1n) is 5.16. The van der Waals surface area contributed by atoms with Gasteiger partial charge in [-0.3, -0.25) is 0 Å². The highest BCUT2D eigenvalue weighted by Crippen LogP contribution is 2.08. The van der Waals surface area contributed by atoms with Gasteiger partial charge in [0, 0.05) is 12.6 Å². The van der Waals surface area contributed by atoms with Crippen LogP contribution in [0.5, 0.6) is 0 Å². The summed E-state index contributed by atoms with van der Waals surface area (Å²) < 4.78 is 25.9. The highest BCUT2D eigenvalue weighted by atomic mass is 32.2. The van der Waals surface area contributed by atoms with Crippen LogP contribution in [0.15, 0.2) is 24.3 Å². The summed E-state index contributed by atoms with van der Waals surface area (Å²) in [6.07, 6.45) is 0. The summed E-state index contributed by atoms with van der Waals surface area (Å²) in [5.74, 6) is -0.146. The first-order valence-corrected chi connectivity index (χ1v) is 6.81. The van der Waals surface area contributed by atoms with Gasteiger partial charge in [0.15, 0.2) is 0 Å². The monoisotopic (exact) mass is 253 g/mol. The van der Waals surface area contributed by atoms with Crippen LogP contribution in [0.4, 0.5) is 0 Å². The molecule has 1 unspecified atom stereocenters. The summed E-state index contributed by atoms with van der Waals surface area (Å²) in [5, 5.41) is 8.71. The predicted molar refractivity (Wildman–Crippen MR) is 65.4 cm³/mol. The fourth-order valence-electron chi connectivity index (χ4n) is 1.35. The lowest BCUT2D eigenvalue weighted by molar-refractivity contribution is 0.562. The second-order valence-corrected chi connectivity index (χ2v) is 5.58. The molecule has 17 heavy (non-hydrogen) atoms. The van der Waals surface area contributed by atoms with Gasteiger partial charge in [0.1, 0.15) is 0 Å². The van der Waals surface area contributed by atoms with Crippen molar-refractivity contribution in [2.75, 3.05) is 6.54 Å². The minimum Gasteiger partial charge on any atom is -0.329 e. The Bertz CT molecular complexity index is 520. The van der Waals surface area contributed by atoms with E-state index < -0.39 is 10.0 Å². The SMILES string of the molecule is CC(CN)NS(=O)(=O)Cc1cccc(C#N)c1. The molecule has 0 aliphatic heterocycles. The number of nitrogens with one attached hydrogen (secondary N) is 1. The molecule has 0 aliphatic rings. The van der Waals surface area contributed by atoms with E-state index in [9.17, 15) is 8.42 Å². The van der Waals surface area contributed by atoms with Crippen molar-refractivity contribution < 1.29 is 8.42 Å². The molecule has 3 N–H and O–H groups in total. The van der Waals surface area contributed by atoms with Crippen LogP contribution in [0.2, 0.25) is 0 Å². The molecule has 0 heterocycles. The predicted octanol–water partition coefficient (Wildman–Crippen LogP) is 0.325. The van der Waals surface area contributed by atoms with Gasteiger partial charge in [0.25, 0.3) is 0 Å². The van der Waals surface area contributed by atoms with Crippen LogP contribution in [0.1, 0.15) is 18.1 Å². The molecule has 5 nitrogen and oxygen atoms in total. The normalized spacial score (nSPS) is 13.0. The smallest absolute Gasteiger partial charge is 0.216 e. The summed E-state index contributed by atoms with van der Waals surface area (Å²) in [7, 11) is -3.41. The maximum Gasteiger partial charge on any atom is 0.216 e. The zero-order valence-corrected chi connectivity index (χ0v) is 10.4. The molecule has 0 amide bonds. The lowest BCUT2D eigenvalue weighted by Gasteiger charge is -2.11.